The number of carbonyl (C=O) groups is 2. The van der Waals surface area contributed by atoms with Crippen LogP contribution in [-0.4, -0.2) is 23.1 Å². The Bertz CT molecular complexity index is 478. The van der Waals surface area contributed by atoms with E-state index in [1.54, 1.807) is 0 Å². The third-order valence-corrected chi connectivity index (χ3v) is 3.24. The van der Waals surface area contributed by atoms with E-state index in [1.807, 2.05) is 45.9 Å². The first kappa shape index (κ1) is 16.0. The molecule has 0 aromatic heterocycles. The number of para-hydroxylation sites is 1. The van der Waals surface area contributed by atoms with Gasteiger partial charge < -0.3 is 15.7 Å². The maximum atomic E-state index is 12.0. The second kappa shape index (κ2) is 6.93. The molecule has 5 nitrogen and oxygen atoms in total. The molecule has 0 aliphatic rings. The summed E-state index contributed by atoms with van der Waals surface area (Å²) in [7, 11) is 0. The van der Waals surface area contributed by atoms with Gasteiger partial charge in [-0.05, 0) is 30.9 Å². The molecule has 110 valence electrons. The minimum Gasteiger partial charge on any atom is -0.481 e. The van der Waals surface area contributed by atoms with Crippen molar-refractivity contribution in [3.63, 3.8) is 0 Å². The summed E-state index contributed by atoms with van der Waals surface area (Å²) in [6, 6.07) is 4.99. The number of hydrogen-bond donors (Lipinski definition) is 3. The summed E-state index contributed by atoms with van der Waals surface area (Å²) in [6.45, 7) is 7.60. The van der Waals surface area contributed by atoms with Crippen LogP contribution in [0.2, 0.25) is 0 Å². The third-order valence-electron chi connectivity index (χ3n) is 3.24. The highest BCUT2D eigenvalue weighted by atomic mass is 16.4. The van der Waals surface area contributed by atoms with Crippen LogP contribution in [0.15, 0.2) is 18.2 Å². The van der Waals surface area contributed by atoms with Crippen molar-refractivity contribution in [1.82, 2.24) is 5.32 Å². The maximum Gasteiger partial charge on any atom is 0.319 e. The average molecular weight is 278 g/mol. The summed E-state index contributed by atoms with van der Waals surface area (Å²) in [5.41, 5.74) is 2.71. The summed E-state index contributed by atoms with van der Waals surface area (Å²) in [5.74, 6) is -0.870. The summed E-state index contributed by atoms with van der Waals surface area (Å²) in [6.07, 6.45) is -0.0855. The lowest BCUT2D eigenvalue weighted by Crippen LogP contribution is -2.42. The van der Waals surface area contributed by atoms with Crippen LogP contribution in [0.4, 0.5) is 10.5 Å². The van der Waals surface area contributed by atoms with Crippen molar-refractivity contribution in [2.24, 2.45) is 5.92 Å². The Morgan fingerprint density at radius 1 is 1.20 bits per heavy atom. The highest BCUT2D eigenvalue weighted by molar-refractivity contribution is 5.91. The zero-order valence-corrected chi connectivity index (χ0v) is 12.4. The zero-order chi connectivity index (χ0) is 15.3. The second-order valence-electron chi connectivity index (χ2n) is 5.31. The van der Waals surface area contributed by atoms with E-state index in [2.05, 4.69) is 10.6 Å². The number of benzene rings is 1. The van der Waals surface area contributed by atoms with E-state index in [1.165, 1.54) is 0 Å². The summed E-state index contributed by atoms with van der Waals surface area (Å²) in [4.78, 5) is 22.8. The lowest BCUT2D eigenvalue weighted by Gasteiger charge is -2.21. The van der Waals surface area contributed by atoms with E-state index in [4.69, 9.17) is 5.11 Å². The van der Waals surface area contributed by atoms with E-state index in [0.29, 0.717) is 0 Å². The number of carboxylic acids is 1. The molecule has 1 unspecified atom stereocenters. The van der Waals surface area contributed by atoms with E-state index in [9.17, 15) is 9.59 Å². The van der Waals surface area contributed by atoms with Crippen LogP contribution in [0.25, 0.3) is 0 Å². The highest BCUT2D eigenvalue weighted by Gasteiger charge is 2.19. The van der Waals surface area contributed by atoms with Gasteiger partial charge in [-0.25, -0.2) is 4.79 Å². The van der Waals surface area contributed by atoms with Gasteiger partial charge in [-0.15, -0.1) is 0 Å². The number of amides is 2. The second-order valence-corrected chi connectivity index (χ2v) is 5.31. The minimum atomic E-state index is -0.920. The molecular weight excluding hydrogens is 256 g/mol. The molecule has 2 amide bonds. The van der Waals surface area contributed by atoms with Crippen molar-refractivity contribution < 1.29 is 14.7 Å². The normalized spacial score (nSPS) is 12.1. The van der Waals surface area contributed by atoms with Gasteiger partial charge in [0.05, 0.1) is 6.42 Å². The van der Waals surface area contributed by atoms with Crippen LogP contribution in [-0.2, 0) is 4.79 Å². The minimum absolute atomic E-state index is 0.0508. The lowest BCUT2D eigenvalue weighted by atomic mass is 10.0. The molecule has 0 heterocycles. The molecule has 1 aromatic rings. The van der Waals surface area contributed by atoms with Gasteiger partial charge in [0.1, 0.15) is 0 Å². The zero-order valence-electron chi connectivity index (χ0n) is 12.4. The smallest absolute Gasteiger partial charge is 0.319 e. The first-order valence-corrected chi connectivity index (χ1v) is 6.66. The molecular formula is C15H22N2O3. The van der Waals surface area contributed by atoms with Crippen LogP contribution in [0.3, 0.4) is 0 Å². The fourth-order valence-corrected chi connectivity index (χ4v) is 1.97. The van der Waals surface area contributed by atoms with Gasteiger partial charge in [-0.3, -0.25) is 4.79 Å². The van der Waals surface area contributed by atoms with E-state index < -0.39 is 12.0 Å². The first-order valence-electron chi connectivity index (χ1n) is 6.66. The molecule has 0 saturated carbocycles. The molecule has 0 aliphatic carbocycles. The van der Waals surface area contributed by atoms with E-state index >= 15 is 0 Å². The van der Waals surface area contributed by atoms with E-state index in [0.717, 1.165) is 16.8 Å². The van der Waals surface area contributed by atoms with Crippen molar-refractivity contribution in [3.8, 4) is 0 Å². The van der Waals surface area contributed by atoms with E-state index in [-0.39, 0.29) is 18.4 Å². The van der Waals surface area contributed by atoms with Crippen molar-refractivity contribution in [2.75, 3.05) is 5.32 Å². The van der Waals surface area contributed by atoms with Crippen molar-refractivity contribution >= 4 is 17.7 Å². The molecule has 1 rings (SSSR count). The Morgan fingerprint density at radius 2 is 1.75 bits per heavy atom. The molecule has 20 heavy (non-hydrogen) atoms. The number of anilines is 1. The average Bonchev–Trinajstić information content (AvgIpc) is 2.32. The number of aryl methyl sites for hydroxylation is 2. The monoisotopic (exact) mass is 278 g/mol. The fraction of sp³-hybridized carbons (Fsp3) is 0.467. The summed E-state index contributed by atoms with van der Waals surface area (Å²) < 4.78 is 0. The van der Waals surface area contributed by atoms with Crippen LogP contribution in [0.5, 0.6) is 0 Å². The molecule has 1 atom stereocenters. The number of aliphatic carboxylic acids is 1. The standard InChI is InChI=1S/C15H22N2O3/c1-9(2)12(8-13(18)19)16-15(20)17-14-10(3)6-5-7-11(14)4/h5-7,9,12H,8H2,1-4H3,(H,18,19)(H2,16,17,20). The number of hydrogen-bond acceptors (Lipinski definition) is 2. The molecule has 0 bridgehead atoms. The quantitative estimate of drug-likeness (QED) is 0.775. The van der Waals surface area contributed by atoms with Crippen molar-refractivity contribution in [1.29, 1.82) is 0 Å². The molecule has 0 radical (unpaired) electrons. The lowest BCUT2D eigenvalue weighted by molar-refractivity contribution is -0.137. The Labute approximate surface area is 119 Å². The van der Waals surface area contributed by atoms with Gasteiger partial charge in [-0.1, -0.05) is 32.0 Å². The topological polar surface area (TPSA) is 78.4 Å². The molecule has 0 spiro atoms. The largest absolute Gasteiger partial charge is 0.481 e. The van der Waals surface area contributed by atoms with Crippen molar-refractivity contribution in [2.45, 2.75) is 40.2 Å². The SMILES string of the molecule is Cc1cccc(C)c1NC(=O)NC(CC(=O)O)C(C)C. The van der Waals surface area contributed by atoms with Gasteiger partial charge in [-0.2, -0.15) is 0 Å². The molecule has 0 aliphatic heterocycles. The van der Waals surface area contributed by atoms with Crippen LogP contribution >= 0.6 is 0 Å². The van der Waals surface area contributed by atoms with Gasteiger partial charge in [0.2, 0.25) is 0 Å². The van der Waals surface area contributed by atoms with Gasteiger partial charge >= 0.3 is 12.0 Å². The van der Waals surface area contributed by atoms with Gasteiger partial charge in [0, 0.05) is 11.7 Å². The Kier molecular flexibility index (Phi) is 5.55. The van der Waals surface area contributed by atoms with Gasteiger partial charge in [0.15, 0.2) is 0 Å². The molecule has 0 fully saturated rings. The predicted octanol–water partition coefficient (Wildman–Crippen LogP) is 2.92. The molecule has 1 aromatic carbocycles. The summed E-state index contributed by atoms with van der Waals surface area (Å²) in [5, 5.41) is 14.4. The third kappa shape index (κ3) is 4.57. The number of carboxylic acid groups (broad SMARTS) is 1. The molecule has 5 heteroatoms. The first-order chi connectivity index (χ1) is 9.31. The number of carbonyl (C=O) groups excluding carboxylic acids is 1. The van der Waals surface area contributed by atoms with Crippen molar-refractivity contribution in [3.05, 3.63) is 29.3 Å². The molecule has 0 saturated heterocycles. The number of rotatable bonds is 5. The predicted molar refractivity (Wildman–Crippen MR) is 78.9 cm³/mol. The Morgan fingerprint density at radius 3 is 2.20 bits per heavy atom. The van der Waals surface area contributed by atoms with Crippen LogP contribution < -0.4 is 10.6 Å². The summed E-state index contributed by atoms with van der Waals surface area (Å²) >= 11 is 0. The van der Waals surface area contributed by atoms with Crippen LogP contribution in [0.1, 0.15) is 31.4 Å². The number of urea groups is 1. The highest BCUT2D eigenvalue weighted by Crippen LogP contribution is 2.19. The maximum absolute atomic E-state index is 12.0. The fourth-order valence-electron chi connectivity index (χ4n) is 1.97. The Hall–Kier alpha value is -2.04. The van der Waals surface area contributed by atoms with Crippen LogP contribution in [0, 0.1) is 19.8 Å². The molecule has 3 N–H and O–H groups in total. The Balaban J connectivity index is 2.73. The van der Waals surface area contributed by atoms with Gasteiger partial charge in [0.25, 0.3) is 0 Å². The number of nitrogens with one attached hydrogen (secondary N) is 2.